The Hall–Kier alpha value is -0.870. The van der Waals surface area contributed by atoms with Gasteiger partial charge in [-0.25, -0.2) is 0 Å². The number of thiophene rings is 1. The molecule has 0 aromatic carbocycles. The summed E-state index contributed by atoms with van der Waals surface area (Å²) in [6.45, 7) is 10.4. The number of piperidine rings is 1. The highest BCUT2D eigenvalue weighted by Crippen LogP contribution is 2.22. The van der Waals surface area contributed by atoms with Crippen LogP contribution in [-0.2, 0) is 11.3 Å². The maximum absolute atomic E-state index is 12.1. The molecule has 0 aliphatic carbocycles. The molecular weight excluding hydrogens is 268 g/mol. The number of likely N-dealkylation sites (tertiary alicyclic amines) is 1. The molecule has 1 amide bonds. The van der Waals surface area contributed by atoms with Gasteiger partial charge in [0.1, 0.15) is 0 Å². The number of rotatable bonds is 5. The zero-order valence-electron chi connectivity index (χ0n) is 12.8. The molecule has 0 atom stereocenters. The molecule has 3 nitrogen and oxygen atoms in total. The van der Waals surface area contributed by atoms with Crippen LogP contribution in [0.15, 0.2) is 11.4 Å². The predicted molar refractivity (Wildman–Crippen MR) is 84.9 cm³/mol. The van der Waals surface area contributed by atoms with E-state index in [2.05, 4.69) is 42.4 Å². The summed E-state index contributed by atoms with van der Waals surface area (Å²) in [5.74, 6) is 1.00. The molecule has 0 saturated carbocycles. The van der Waals surface area contributed by atoms with E-state index in [0.717, 1.165) is 39.0 Å². The van der Waals surface area contributed by atoms with Crippen LogP contribution in [0.5, 0.6) is 0 Å². The second-order valence-corrected chi connectivity index (χ2v) is 7.22. The first kappa shape index (κ1) is 15.5. The van der Waals surface area contributed by atoms with Crippen molar-refractivity contribution in [2.24, 2.45) is 11.8 Å². The maximum atomic E-state index is 12.1. The number of carbonyl (C=O) groups excluding carboxylic acids is 1. The van der Waals surface area contributed by atoms with Crippen LogP contribution in [-0.4, -0.2) is 30.4 Å². The average molecular weight is 294 g/mol. The smallest absolute Gasteiger partial charge is 0.223 e. The van der Waals surface area contributed by atoms with Gasteiger partial charge >= 0.3 is 0 Å². The van der Waals surface area contributed by atoms with Crippen molar-refractivity contribution in [2.45, 2.75) is 40.2 Å². The van der Waals surface area contributed by atoms with Gasteiger partial charge in [-0.3, -0.25) is 9.69 Å². The van der Waals surface area contributed by atoms with E-state index in [1.807, 2.05) is 11.3 Å². The Bertz CT molecular complexity index is 433. The van der Waals surface area contributed by atoms with Gasteiger partial charge in [-0.1, -0.05) is 13.8 Å². The van der Waals surface area contributed by atoms with Gasteiger partial charge in [0.05, 0.1) is 0 Å². The van der Waals surface area contributed by atoms with E-state index in [-0.39, 0.29) is 11.8 Å². The number of hydrogen-bond acceptors (Lipinski definition) is 3. The summed E-state index contributed by atoms with van der Waals surface area (Å²) in [5, 5.41) is 5.23. The molecule has 2 heterocycles. The zero-order valence-corrected chi connectivity index (χ0v) is 13.6. The number of aryl methyl sites for hydroxylation is 1. The third-order valence-electron chi connectivity index (χ3n) is 3.98. The van der Waals surface area contributed by atoms with Gasteiger partial charge in [0.2, 0.25) is 5.91 Å². The van der Waals surface area contributed by atoms with Gasteiger partial charge in [-0.15, -0.1) is 11.3 Å². The standard InChI is InChI=1S/C16H26N2OS/c1-12(2)10-17-16(19)14-4-7-18(8-5-14)11-15-13(3)6-9-20-15/h6,9,12,14H,4-5,7-8,10-11H2,1-3H3,(H,17,19). The minimum absolute atomic E-state index is 0.217. The molecule has 0 spiro atoms. The van der Waals surface area contributed by atoms with E-state index in [1.54, 1.807) is 0 Å². The summed E-state index contributed by atoms with van der Waals surface area (Å²) in [7, 11) is 0. The predicted octanol–water partition coefficient (Wildman–Crippen LogP) is 3.04. The van der Waals surface area contributed by atoms with Gasteiger partial charge in [0, 0.05) is 23.9 Å². The lowest BCUT2D eigenvalue weighted by Gasteiger charge is -2.31. The molecule has 112 valence electrons. The number of carbonyl (C=O) groups is 1. The summed E-state index contributed by atoms with van der Waals surface area (Å²) in [4.78, 5) is 16.0. The first-order valence-electron chi connectivity index (χ1n) is 7.59. The van der Waals surface area contributed by atoms with Crippen LogP contribution in [0.25, 0.3) is 0 Å². The van der Waals surface area contributed by atoms with E-state index in [1.165, 1.54) is 10.4 Å². The number of nitrogens with zero attached hydrogens (tertiary/aromatic N) is 1. The van der Waals surface area contributed by atoms with Crippen molar-refractivity contribution in [1.82, 2.24) is 10.2 Å². The average Bonchev–Trinajstić information content (AvgIpc) is 2.82. The molecule has 1 aromatic rings. The summed E-state index contributed by atoms with van der Waals surface area (Å²) < 4.78 is 0. The largest absolute Gasteiger partial charge is 0.356 e. The molecule has 4 heteroatoms. The molecule has 0 bridgehead atoms. The van der Waals surface area contributed by atoms with Crippen LogP contribution in [0.2, 0.25) is 0 Å². The Morgan fingerprint density at radius 2 is 2.15 bits per heavy atom. The highest BCUT2D eigenvalue weighted by Gasteiger charge is 2.25. The number of nitrogens with one attached hydrogen (secondary N) is 1. The van der Waals surface area contributed by atoms with Crippen molar-refractivity contribution in [2.75, 3.05) is 19.6 Å². The van der Waals surface area contributed by atoms with E-state index in [4.69, 9.17) is 0 Å². The van der Waals surface area contributed by atoms with Crippen LogP contribution >= 0.6 is 11.3 Å². The maximum Gasteiger partial charge on any atom is 0.223 e. The number of hydrogen-bond donors (Lipinski definition) is 1. The summed E-state index contributed by atoms with van der Waals surface area (Å²) >= 11 is 1.84. The zero-order chi connectivity index (χ0) is 14.5. The molecule has 1 saturated heterocycles. The SMILES string of the molecule is Cc1ccsc1CN1CCC(C(=O)NCC(C)C)CC1. The molecule has 0 radical (unpaired) electrons. The molecule has 0 unspecified atom stereocenters. The quantitative estimate of drug-likeness (QED) is 0.905. The monoisotopic (exact) mass is 294 g/mol. The highest BCUT2D eigenvalue weighted by molar-refractivity contribution is 7.10. The molecule has 1 aromatic heterocycles. The fraction of sp³-hybridized carbons (Fsp3) is 0.688. The van der Waals surface area contributed by atoms with Crippen molar-refractivity contribution in [3.63, 3.8) is 0 Å². The van der Waals surface area contributed by atoms with Crippen LogP contribution in [0, 0.1) is 18.8 Å². The first-order chi connectivity index (χ1) is 9.56. The molecule has 1 aliphatic rings. The normalized spacial score (nSPS) is 17.6. The number of amides is 1. The molecule has 2 rings (SSSR count). The molecule has 1 N–H and O–H groups in total. The second-order valence-electron chi connectivity index (χ2n) is 6.22. The third kappa shape index (κ3) is 4.32. The topological polar surface area (TPSA) is 32.3 Å². The Kier molecular flexibility index (Phi) is 5.61. The molecule has 1 fully saturated rings. The minimum atomic E-state index is 0.217. The Morgan fingerprint density at radius 3 is 2.70 bits per heavy atom. The van der Waals surface area contributed by atoms with Gasteiger partial charge in [-0.05, 0) is 55.8 Å². The van der Waals surface area contributed by atoms with Crippen LogP contribution in [0.4, 0.5) is 0 Å². The lowest BCUT2D eigenvalue weighted by molar-refractivity contribution is -0.126. The van der Waals surface area contributed by atoms with Crippen molar-refractivity contribution >= 4 is 17.2 Å². The Labute approximate surface area is 126 Å². The fourth-order valence-corrected chi connectivity index (χ4v) is 3.52. The Balaban J connectivity index is 1.75. The van der Waals surface area contributed by atoms with Crippen molar-refractivity contribution in [3.05, 3.63) is 21.9 Å². The Morgan fingerprint density at radius 1 is 1.45 bits per heavy atom. The first-order valence-corrected chi connectivity index (χ1v) is 8.47. The van der Waals surface area contributed by atoms with Gasteiger partial charge < -0.3 is 5.32 Å². The second kappa shape index (κ2) is 7.23. The summed E-state index contributed by atoms with van der Waals surface area (Å²) in [5.41, 5.74) is 1.40. The van der Waals surface area contributed by atoms with Crippen molar-refractivity contribution in [3.8, 4) is 0 Å². The van der Waals surface area contributed by atoms with E-state index >= 15 is 0 Å². The minimum Gasteiger partial charge on any atom is -0.356 e. The summed E-state index contributed by atoms with van der Waals surface area (Å²) in [6.07, 6.45) is 1.99. The van der Waals surface area contributed by atoms with Gasteiger partial charge in [-0.2, -0.15) is 0 Å². The molecular formula is C16H26N2OS. The lowest BCUT2D eigenvalue weighted by Crippen LogP contribution is -2.41. The lowest BCUT2D eigenvalue weighted by atomic mass is 9.95. The van der Waals surface area contributed by atoms with Gasteiger partial charge in [0.15, 0.2) is 0 Å². The van der Waals surface area contributed by atoms with E-state index in [0.29, 0.717) is 5.92 Å². The molecule has 1 aliphatic heterocycles. The van der Waals surface area contributed by atoms with Crippen molar-refractivity contribution in [1.29, 1.82) is 0 Å². The summed E-state index contributed by atoms with van der Waals surface area (Å²) in [6, 6.07) is 2.19. The van der Waals surface area contributed by atoms with E-state index in [9.17, 15) is 4.79 Å². The van der Waals surface area contributed by atoms with Crippen LogP contribution < -0.4 is 5.32 Å². The van der Waals surface area contributed by atoms with Crippen LogP contribution in [0.3, 0.4) is 0 Å². The van der Waals surface area contributed by atoms with Crippen LogP contribution in [0.1, 0.15) is 37.1 Å². The fourth-order valence-electron chi connectivity index (χ4n) is 2.57. The van der Waals surface area contributed by atoms with Crippen molar-refractivity contribution < 1.29 is 4.79 Å². The van der Waals surface area contributed by atoms with Gasteiger partial charge in [0.25, 0.3) is 0 Å². The molecule has 20 heavy (non-hydrogen) atoms. The third-order valence-corrected chi connectivity index (χ3v) is 4.99. The van der Waals surface area contributed by atoms with E-state index < -0.39 is 0 Å². The highest BCUT2D eigenvalue weighted by atomic mass is 32.1.